The third kappa shape index (κ3) is 3.57. The van der Waals surface area contributed by atoms with Crippen molar-refractivity contribution in [1.29, 1.82) is 0 Å². The van der Waals surface area contributed by atoms with Crippen LogP contribution in [0.5, 0.6) is 5.88 Å². The normalized spacial score (nSPS) is 13.8. The first kappa shape index (κ1) is 17.0. The first-order valence-electron chi connectivity index (χ1n) is 8.13. The summed E-state index contributed by atoms with van der Waals surface area (Å²) < 4.78 is 41.1. The van der Waals surface area contributed by atoms with Crippen LogP contribution in [0.4, 0.5) is 19.0 Å². The number of rotatable bonds is 5. The van der Waals surface area contributed by atoms with Gasteiger partial charge in [0, 0.05) is 23.7 Å². The molecule has 3 heterocycles. The van der Waals surface area contributed by atoms with E-state index in [1.807, 2.05) is 0 Å². The Morgan fingerprint density at radius 3 is 2.81 bits per heavy atom. The molecule has 3 aromatic heterocycles. The van der Waals surface area contributed by atoms with Gasteiger partial charge in [0.1, 0.15) is 17.0 Å². The maximum atomic E-state index is 12.2. The van der Waals surface area contributed by atoms with Crippen molar-refractivity contribution in [2.45, 2.75) is 32.0 Å². The maximum Gasteiger partial charge on any atom is 0.422 e. The van der Waals surface area contributed by atoms with E-state index in [9.17, 15) is 13.2 Å². The molecule has 0 aliphatic heterocycles. The van der Waals surface area contributed by atoms with Crippen LogP contribution in [-0.2, 0) is 19.4 Å². The van der Waals surface area contributed by atoms with E-state index >= 15 is 0 Å². The smallest absolute Gasteiger partial charge is 0.422 e. The molecule has 0 saturated heterocycles. The highest BCUT2D eigenvalue weighted by molar-refractivity contribution is 7.19. The van der Waals surface area contributed by atoms with Gasteiger partial charge in [-0.2, -0.15) is 13.2 Å². The van der Waals surface area contributed by atoms with Crippen molar-refractivity contribution in [3.8, 4) is 5.88 Å². The summed E-state index contributed by atoms with van der Waals surface area (Å²) in [4.78, 5) is 15.0. The van der Waals surface area contributed by atoms with Crippen LogP contribution in [-0.4, -0.2) is 27.7 Å². The summed E-state index contributed by atoms with van der Waals surface area (Å²) in [7, 11) is 0. The number of aromatic nitrogens is 3. The Morgan fingerprint density at radius 2 is 2.04 bits per heavy atom. The molecule has 5 nitrogen and oxygen atoms in total. The van der Waals surface area contributed by atoms with Crippen LogP contribution in [0.15, 0.2) is 24.7 Å². The van der Waals surface area contributed by atoms with Gasteiger partial charge in [-0.05, 0) is 30.4 Å². The quantitative estimate of drug-likeness (QED) is 0.721. The van der Waals surface area contributed by atoms with Crippen molar-refractivity contribution in [3.63, 3.8) is 0 Å². The Bertz CT molecular complexity index is 924. The van der Waals surface area contributed by atoms with E-state index in [0.29, 0.717) is 6.54 Å². The fraction of sp³-hybridized carbons (Fsp3) is 0.353. The third-order valence-electron chi connectivity index (χ3n) is 4.14. The predicted octanol–water partition coefficient (Wildman–Crippen LogP) is 4.13. The zero-order valence-electron chi connectivity index (χ0n) is 13.6. The van der Waals surface area contributed by atoms with Crippen LogP contribution >= 0.6 is 11.3 Å². The second-order valence-electron chi connectivity index (χ2n) is 6.02. The fourth-order valence-corrected chi connectivity index (χ4v) is 4.23. The number of fused-ring (bicyclic) bond motifs is 3. The van der Waals surface area contributed by atoms with E-state index in [-0.39, 0.29) is 5.88 Å². The number of nitrogens with one attached hydrogen (secondary N) is 1. The van der Waals surface area contributed by atoms with Gasteiger partial charge in [-0.15, -0.1) is 11.3 Å². The molecule has 26 heavy (non-hydrogen) atoms. The summed E-state index contributed by atoms with van der Waals surface area (Å²) >= 11 is 1.72. The number of thiophene rings is 1. The number of anilines is 1. The minimum absolute atomic E-state index is 0.0499. The largest absolute Gasteiger partial charge is 0.468 e. The zero-order valence-corrected chi connectivity index (χ0v) is 14.5. The lowest BCUT2D eigenvalue weighted by molar-refractivity contribution is -0.154. The molecule has 0 unspecified atom stereocenters. The number of alkyl halides is 3. The first-order chi connectivity index (χ1) is 12.5. The SMILES string of the molecule is FC(F)(F)COc1ccc(CNc2ncnc3sc4c(c23)CCC4)cn1. The molecule has 1 N–H and O–H groups in total. The van der Waals surface area contributed by atoms with Crippen molar-refractivity contribution in [3.05, 3.63) is 40.7 Å². The number of nitrogens with zero attached hydrogens (tertiary/aromatic N) is 3. The highest BCUT2D eigenvalue weighted by Gasteiger charge is 2.28. The summed E-state index contributed by atoms with van der Waals surface area (Å²) in [5, 5.41) is 4.38. The Hall–Kier alpha value is -2.42. The molecule has 0 aromatic carbocycles. The molecule has 0 atom stereocenters. The van der Waals surface area contributed by atoms with E-state index in [1.165, 1.54) is 22.7 Å². The molecule has 1 aliphatic rings. The number of aryl methyl sites for hydroxylation is 2. The van der Waals surface area contributed by atoms with E-state index in [1.54, 1.807) is 23.7 Å². The zero-order chi connectivity index (χ0) is 18.1. The van der Waals surface area contributed by atoms with Crippen LogP contribution in [0.3, 0.4) is 0 Å². The van der Waals surface area contributed by atoms with Gasteiger partial charge in [0.15, 0.2) is 6.61 Å². The second kappa shape index (κ2) is 6.71. The third-order valence-corrected chi connectivity index (χ3v) is 5.34. The molecule has 0 amide bonds. The first-order valence-corrected chi connectivity index (χ1v) is 8.95. The Labute approximate surface area is 151 Å². The fourth-order valence-electron chi connectivity index (χ4n) is 3.01. The highest BCUT2D eigenvalue weighted by Crippen LogP contribution is 2.39. The monoisotopic (exact) mass is 380 g/mol. The molecule has 0 radical (unpaired) electrons. The van der Waals surface area contributed by atoms with Crippen molar-refractivity contribution < 1.29 is 17.9 Å². The summed E-state index contributed by atoms with van der Waals surface area (Å²) in [5.41, 5.74) is 2.16. The highest BCUT2D eigenvalue weighted by atomic mass is 32.1. The Kier molecular flexibility index (Phi) is 4.39. The number of halogens is 3. The van der Waals surface area contributed by atoms with Gasteiger partial charge >= 0.3 is 6.18 Å². The lowest BCUT2D eigenvalue weighted by Crippen LogP contribution is -2.19. The molecular weight excluding hydrogens is 365 g/mol. The summed E-state index contributed by atoms with van der Waals surface area (Å²) in [6.45, 7) is -0.886. The van der Waals surface area contributed by atoms with Crippen LogP contribution in [0.25, 0.3) is 10.2 Å². The van der Waals surface area contributed by atoms with Crippen LogP contribution in [0.2, 0.25) is 0 Å². The minimum atomic E-state index is -4.37. The minimum Gasteiger partial charge on any atom is -0.468 e. The van der Waals surface area contributed by atoms with E-state index in [2.05, 4.69) is 25.0 Å². The molecule has 0 saturated carbocycles. The van der Waals surface area contributed by atoms with E-state index in [0.717, 1.165) is 40.9 Å². The molecule has 136 valence electrons. The molecule has 4 rings (SSSR count). The number of pyridine rings is 1. The molecule has 0 bridgehead atoms. The van der Waals surface area contributed by atoms with Crippen LogP contribution in [0, 0.1) is 0 Å². The molecule has 0 spiro atoms. The number of hydrogen-bond donors (Lipinski definition) is 1. The molecule has 0 fully saturated rings. The Balaban J connectivity index is 1.45. The average Bonchev–Trinajstić information content (AvgIpc) is 3.19. The molecular formula is C17H15F3N4OS. The van der Waals surface area contributed by atoms with Gasteiger partial charge in [-0.25, -0.2) is 15.0 Å². The Morgan fingerprint density at radius 1 is 1.15 bits per heavy atom. The molecule has 9 heteroatoms. The summed E-state index contributed by atoms with van der Waals surface area (Å²) in [5.74, 6) is 0.734. The lowest BCUT2D eigenvalue weighted by Gasteiger charge is -2.10. The van der Waals surface area contributed by atoms with Gasteiger partial charge in [0.25, 0.3) is 0 Å². The van der Waals surface area contributed by atoms with Gasteiger partial charge in [0.2, 0.25) is 5.88 Å². The van der Waals surface area contributed by atoms with Crippen molar-refractivity contribution in [1.82, 2.24) is 15.0 Å². The lowest BCUT2D eigenvalue weighted by atomic mass is 10.2. The van der Waals surface area contributed by atoms with E-state index < -0.39 is 12.8 Å². The summed E-state index contributed by atoms with van der Waals surface area (Å²) in [6.07, 6.45) is 1.97. The van der Waals surface area contributed by atoms with Crippen LogP contribution < -0.4 is 10.1 Å². The molecule has 3 aromatic rings. The van der Waals surface area contributed by atoms with Gasteiger partial charge in [-0.3, -0.25) is 0 Å². The second-order valence-corrected chi connectivity index (χ2v) is 7.11. The molecule has 1 aliphatic carbocycles. The van der Waals surface area contributed by atoms with Gasteiger partial charge in [0.05, 0.1) is 5.39 Å². The predicted molar refractivity (Wildman–Crippen MR) is 92.6 cm³/mol. The number of ether oxygens (including phenoxy) is 1. The van der Waals surface area contributed by atoms with Gasteiger partial charge in [-0.1, -0.05) is 6.07 Å². The number of hydrogen-bond acceptors (Lipinski definition) is 6. The van der Waals surface area contributed by atoms with Crippen molar-refractivity contribution >= 4 is 27.4 Å². The average molecular weight is 380 g/mol. The standard InChI is InChI=1S/C17H15F3N4OS/c18-17(19,20)8-25-13-5-4-10(6-21-13)7-22-15-14-11-2-1-3-12(11)26-16(14)24-9-23-15/h4-6,9H,1-3,7-8H2,(H,22,23,24). The van der Waals surface area contributed by atoms with Crippen molar-refractivity contribution in [2.24, 2.45) is 0 Å². The summed E-state index contributed by atoms with van der Waals surface area (Å²) in [6, 6.07) is 3.11. The van der Waals surface area contributed by atoms with Crippen molar-refractivity contribution in [2.75, 3.05) is 11.9 Å². The van der Waals surface area contributed by atoms with Gasteiger partial charge < -0.3 is 10.1 Å². The maximum absolute atomic E-state index is 12.2. The van der Waals surface area contributed by atoms with E-state index in [4.69, 9.17) is 0 Å². The topological polar surface area (TPSA) is 59.9 Å². The van der Waals surface area contributed by atoms with Crippen LogP contribution in [0.1, 0.15) is 22.4 Å².